The molecule has 0 unspecified atom stereocenters. The van der Waals surface area contributed by atoms with E-state index in [9.17, 15) is 14.4 Å². The number of nitrogens with zero attached hydrogens (tertiary/aromatic N) is 2. The van der Waals surface area contributed by atoms with Gasteiger partial charge < -0.3 is 14.9 Å². The van der Waals surface area contributed by atoms with Crippen molar-refractivity contribution in [3.05, 3.63) is 0 Å². The number of carbonyl (C=O) groups is 3. The zero-order chi connectivity index (χ0) is 14.0. The third-order valence-corrected chi connectivity index (χ3v) is 4.11. The lowest BCUT2D eigenvalue weighted by molar-refractivity contribution is -0.150. The van der Waals surface area contributed by atoms with Gasteiger partial charge in [0.05, 0.1) is 0 Å². The number of likely N-dealkylation sites (tertiary alicyclic amines) is 2. The highest BCUT2D eigenvalue weighted by atomic mass is 16.4. The second-order valence-corrected chi connectivity index (χ2v) is 5.31. The van der Waals surface area contributed by atoms with Gasteiger partial charge in [0.1, 0.15) is 6.04 Å². The number of carbonyl (C=O) groups excluding carboxylic acids is 2. The van der Waals surface area contributed by atoms with Crippen LogP contribution in [0, 0.1) is 5.92 Å². The molecule has 2 aliphatic heterocycles. The quantitative estimate of drug-likeness (QED) is 0.782. The molecule has 0 aromatic carbocycles. The van der Waals surface area contributed by atoms with Crippen molar-refractivity contribution in [3.8, 4) is 0 Å². The minimum Gasteiger partial charge on any atom is -0.480 e. The number of hydrogen-bond acceptors (Lipinski definition) is 3. The smallest absolute Gasteiger partial charge is 0.326 e. The van der Waals surface area contributed by atoms with E-state index in [1.54, 1.807) is 4.90 Å². The molecule has 2 rings (SSSR count). The summed E-state index contributed by atoms with van der Waals surface area (Å²) in [7, 11) is 0. The average molecular weight is 268 g/mol. The predicted octanol–water partition coefficient (Wildman–Crippen LogP) is 0.320. The average Bonchev–Trinajstić information content (AvgIpc) is 2.87. The van der Waals surface area contributed by atoms with E-state index in [0.717, 1.165) is 6.42 Å². The molecule has 0 radical (unpaired) electrons. The highest BCUT2D eigenvalue weighted by Gasteiger charge is 2.38. The maximum absolute atomic E-state index is 12.4. The van der Waals surface area contributed by atoms with Crippen LogP contribution in [-0.4, -0.2) is 58.4 Å². The molecular weight excluding hydrogens is 248 g/mol. The third-order valence-electron chi connectivity index (χ3n) is 4.11. The van der Waals surface area contributed by atoms with Crippen molar-refractivity contribution in [2.24, 2.45) is 5.92 Å². The van der Waals surface area contributed by atoms with E-state index >= 15 is 0 Å². The molecule has 0 saturated carbocycles. The highest BCUT2D eigenvalue weighted by molar-refractivity contribution is 5.86. The number of aliphatic carboxylic acids is 1. The Morgan fingerprint density at radius 1 is 1.05 bits per heavy atom. The molecule has 1 N–H and O–H groups in total. The number of carboxylic acid groups (broad SMARTS) is 1. The van der Waals surface area contributed by atoms with Gasteiger partial charge in [-0.05, 0) is 25.7 Å². The van der Waals surface area contributed by atoms with E-state index in [1.807, 2.05) is 0 Å². The second kappa shape index (κ2) is 5.59. The fourth-order valence-electron chi connectivity index (χ4n) is 2.96. The standard InChI is InChI=1S/C13H20N2O4/c1-9(16)14-7-4-10(5-8-14)12(17)15-6-2-3-11(15)13(18)19/h10-11H,2-8H2,1H3,(H,18,19)/t11-/m1/s1. The predicted molar refractivity (Wildman–Crippen MR) is 67.3 cm³/mol. The van der Waals surface area contributed by atoms with E-state index in [0.29, 0.717) is 38.9 Å². The highest BCUT2D eigenvalue weighted by Crippen LogP contribution is 2.25. The summed E-state index contributed by atoms with van der Waals surface area (Å²) in [5, 5.41) is 9.10. The lowest BCUT2D eigenvalue weighted by Crippen LogP contribution is -2.47. The van der Waals surface area contributed by atoms with Gasteiger partial charge in [0, 0.05) is 32.5 Å². The molecule has 0 spiro atoms. The molecule has 6 nitrogen and oxygen atoms in total. The van der Waals surface area contributed by atoms with Crippen LogP contribution >= 0.6 is 0 Å². The Bertz CT molecular complexity index is 388. The van der Waals surface area contributed by atoms with Crippen LogP contribution in [-0.2, 0) is 14.4 Å². The molecule has 0 aromatic rings. The lowest BCUT2D eigenvalue weighted by Gasteiger charge is -2.33. The molecule has 2 saturated heterocycles. The molecular formula is C13H20N2O4. The van der Waals surface area contributed by atoms with E-state index in [-0.39, 0.29) is 17.7 Å². The first kappa shape index (κ1) is 13.8. The van der Waals surface area contributed by atoms with E-state index < -0.39 is 12.0 Å². The number of carboxylic acids is 1. The number of amides is 2. The molecule has 1 atom stereocenters. The maximum Gasteiger partial charge on any atom is 0.326 e. The largest absolute Gasteiger partial charge is 0.480 e. The normalized spacial score (nSPS) is 24.6. The summed E-state index contributed by atoms with van der Waals surface area (Å²) < 4.78 is 0. The van der Waals surface area contributed by atoms with Crippen LogP contribution in [0.5, 0.6) is 0 Å². The van der Waals surface area contributed by atoms with Gasteiger partial charge in [-0.15, -0.1) is 0 Å². The van der Waals surface area contributed by atoms with Crippen LogP contribution in [0.15, 0.2) is 0 Å². The van der Waals surface area contributed by atoms with Gasteiger partial charge in [0.15, 0.2) is 0 Å². The minimum atomic E-state index is -0.910. The SMILES string of the molecule is CC(=O)N1CCC(C(=O)N2CCC[C@@H]2C(=O)O)CC1. The fourth-order valence-corrected chi connectivity index (χ4v) is 2.96. The fraction of sp³-hybridized carbons (Fsp3) is 0.769. The van der Waals surface area contributed by atoms with Gasteiger partial charge in [-0.3, -0.25) is 9.59 Å². The Morgan fingerprint density at radius 2 is 1.68 bits per heavy atom. The Morgan fingerprint density at radius 3 is 2.21 bits per heavy atom. The zero-order valence-electron chi connectivity index (χ0n) is 11.2. The van der Waals surface area contributed by atoms with Crippen LogP contribution in [0.25, 0.3) is 0 Å². The Labute approximate surface area is 112 Å². The first-order chi connectivity index (χ1) is 9.00. The monoisotopic (exact) mass is 268 g/mol. The summed E-state index contributed by atoms with van der Waals surface area (Å²) in [5.74, 6) is -1.05. The van der Waals surface area contributed by atoms with Crippen LogP contribution < -0.4 is 0 Å². The van der Waals surface area contributed by atoms with Crippen LogP contribution in [0.2, 0.25) is 0 Å². The Balaban J connectivity index is 1.94. The molecule has 19 heavy (non-hydrogen) atoms. The first-order valence-electron chi connectivity index (χ1n) is 6.79. The molecule has 106 valence electrons. The molecule has 2 fully saturated rings. The third kappa shape index (κ3) is 2.88. The van der Waals surface area contributed by atoms with Gasteiger partial charge in [-0.1, -0.05) is 0 Å². The summed E-state index contributed by atoms with van der Waals surface area (Å²) in [6.45, 7) is 3.26. The number of piperidine rings is 1. The molecule has 2 aliphatic rings. The van der Waals surface area contributed by atoms with Crippen molar-refractivity contribution in [1.82, 2.24) is 9.80 Å². The van der Waals surface area contributed by atoms with E-state index in [1.165, 1.54) is 11.8 Å². The van der Waals surface area contributed by atoms with Crippen molar-refractivity contribution >= 4 is 17.8 Å². The van der Waals surface area contributed by atoms with E-state index in [4.69, 9.17) is 5.11 Å². The topological polar surface area (TPSA) is 77.9 Å². The summed E-state index contributed by atoms with van der Waals surface area (Å²) >= 11 is 0. The van der Waals surface area contributed by atoms with Crippen molar-refractivity contribution in [3.63, 3.8) is 0 Å². The van der Waals surface area contributed by atoms with Crippen molar-refractivity contribution in [1.29, 1.82) is 0 Å². The van der Waals surface area contributed by atoms with Gasteiger partial charge in [-0.25, -0.2) is 4.79 Å². The molecule has 2 heterocycles. The van der Waals surface area contributed by atoms with Crippen molar-refractivity contribution < 1.29 is 19.5 Å². The van der Waals surface area contributed by atoms with Gasteiger partial charge in [-0.2, -0.15) is 0 Å². The summed E-state index contributed by atoms with van der Waals surface area (Å²) in [6.07, 6.45) is 2.59. The van der Waals surface area contributed by atoms with Crippen LogP contribution in [0.4, 0.5) is 0 Å². The number of rotatable bonds is 2. The molecule has 2 amide bonds. The first-order valence-corrected chi connectivity index (χ1v) is 6.79. The van der Waals surface area contributed by atoms with Gasteiger partial charge in [0.2, 0.25) is 11.8 Å². The second-order valence-electron chi connectivity index (χ2n) is 5.31. The molecule has 6 heteroatoms. The van der Waals surface area contributed by atoms with Crippen LogP contribution in [0.1, 0.15) is 32.6 Å². The summed E-state index contributed by atoms with van der Waals surface area (Å²) in [5.41, 5.74) is 0. The summed E-state index contributed by atoms with van der Waals surface area (Å²) in [4.78, 5) is 37.9. The van der Waals surface area contributed by atoms with Crippen molar-refractivity contribution in [2.45, 2.75) is 38.6 Å². The van der Waals surface area contributed by atoms with E-state index in [2.05, 4.69) is 0 Å². The minimum absolute atomic E-state index is 0.0375. The molecule has 0 bridgehead atoms. The Kier molecular flexibility index (Phi) is 4.07. The molecule has 0 aromatic heterocycles. The maximum atomic E-state index is 12.4. The zero-order valence-corrected chi connectivity index (χ0v) is 11.2. The Hall–Kier alpha value is -1.59. The molecule has 0 aliphatic carbocycles. The van der Waals surface area contributed by atoms with Crippen LogP contribution in [0.3, 0.4) is 0 Å². The summed E-state index contributed by atoms with van der Waals surface area (Å²) in [6, 6.07) is -0.654. The number of hydrogen-bond donors (Lipinski definition) is 1. The lowest BCUT2D eigenvalue weighted by atomic mass is 9.95. The van der Waals surface area contributed by atoms with Crippen molar-refractivity contribution in [2.75, 3.05) is 19.6 Å². The van der Waals surface area contributed by atoms with Gasteiger partial charge in [0.25, 0.3) is 0 Å². The van der Waals surface area contributed by atoms with Gasteiger partial charge >= 0.3 is 5.97 Å².